The summed E-state index contributed by atoms with van der Waals surface area (Å²) < 4.78 is 12.8. The summed E-state index contributed by atoms with van der Waals surface area (Å²) in [6, 6.07) is 4.11. The molecule has 0 fully saturated rings. The van der Waals surface area contributed by atoms with Gasteiger partial charge in [0.25, 0.3) is 0 Å². The Morgan fingerprint density at radius 3 is 2.79 bits per heavy atom. The molecule has 4 nitrogen and oxygen atoms in total. The van der Waals surface area contributed by atoms with E-state index in [1.165, 1.54) is 18.2 Å². The molecule has 0 unspecified atom stereocenters. The Hall–Kier alpha value is -1.62. The first-order valence-corrected chi connectivity index (χ1v) is 3.99. The van der Waals surface area contributed by atoms with Crippen molar-refractivity contribution in [2.75, 3.05) is 11.6 Å². The van der Waals surface area contributed by atoms with Gasteiger partial charge in [0.1, 0.15) is 5.82 Å². The van der Waals surface area contributed by atoms with Crippen molar-refractivity contribution in [1.29, 1.82) is 0 Å². The molecule has 0 aliphatic heterocycles. The van der Waals surface area contributed by atoms with E-state index in [2.05, 4.69) is 0 Å². The zero-order chi connectivity index (χ0) is 10.7. The number of anilines is 1. The summed E-state index contributed by atoms with van der Waals surface area (Å²) in [6.45, 7) is 1.15. The number of carboxylic acids is 1. The highest BCUT2D eigenvalue weighted by Gasteiger charge is 2.04. The Morgan fingerprint density at radius 1 is 1.64 bits per heavy atom. The van der Waals surface area contributed by atoms with Gasteiger partial charge in [0, 0.05) is 0 Å². The Kier molecular flexibility index (Phi) is 3.03. The van der Waals surface area contributed by atoms with Crippen molar-refractivity contribution in [2.24, 2.45) is 5.84 Å². The first kappa shape index (κ1) is 10.5. The number of carboxylic acid groups (broad SMARTS) is 1. The normalized spacial score (nSPS) is 9.93. The van der Waals surface area contributed by atoms with E-state index in [9.17, 15) is 14.3 Å². The van der Waals surface area contributed by atoms with E-state index in [1.807, 2.05) is 0 Å². The number of hydrogen-bond acceptors (Lipinski definition) is 4. The fourth-order valence-electron chi connectivity index (χ4n) is 1.04. The van der Waals surface area contributed by atoms with Gasteiger partial charge in [0.05, 0.1) is 18.2 Å². The number of carbonyl (C=O) groups excluding carboxylic acids is 1. The van der Waals surface area contributed by atoms with E-state index in [0.29, 0.717) is 11.3 Å². The van der Waals surface area contributed by atoms with E-state index in [-0.39, 0.29) is 5.82 Å². The molecule has 0 amide bonds. The Bertz CT molecular complexity index is 355. The number of hydrazine groups is 1. The van der Waals surface area contributed by atoms with Crippen molar-refractivity contribution in [1.82, 2.24) is 0 Å². The van der Waals surface area contributed by atoms with Crippen LogP contribution in [0.25, 0.3) is 0 Å². The zero-order valence-electron chi connectivity index (χ0n) is 7.66. The molecular formula is C9H10FN2O2-. The molecule has 0 saturated carbocycles. The first-order valence-electron chi connectivity index (χ1n) is 3.99. The fraction of sp³-hybridized carbons (Fsp3) is 0.222. The van der Waals surface area contributed by atoms with Crippen molar-refractivity contribution in [3.8, 4) is 0 Å². The number of hydrogen-bond donors (Lipinski definition) is 1. The van der Waals surface area contributed by atoms with Gasteiger partial charge in [-0.1, -0.05) is 0 Å². The van der Waals surface area contributed by atoms with Crippen LogP contribution in [0.1, 0.15) is 5.56 Å². The van der Waals surface area contributed by atoms with E-state index < -0.39 is 12.5 Å². The van der Waals surface area contributed by atoms with Crippen LogP contribution in [-0.4, -0.2) is 12.5 Å². The summed E-state index contributed by atoms with van der Waals surface area (Å²) in [5.74, 6) is 3.77. The van der Waals surface area contributed by atoms with Crippen molar-refractivity contribution in [3.05, 3.63) is 29.6 Å². The molecule has 14 heavy (non-hydrogen) atoms. The molecule has 5 heteroatoms. The second-order valence-electron chi connectivity index (χ2n) is 2.93. The molecule has 1 rings (SSSR count). The number of benzene rings is 1. The topological polar surface area (TPSA) is 69.4 Å². The maximum Gasteiger partial charge on any atom is 0.126 e. The second kappa shape index (κ2) is 4.06. The van der Waals surface area contributed by atoms with E-state index in [0.717, 1.165) is 5.01 Å². The molecule has 0 spiro atoms. The molecule has 1 aromatic rings. The summed E-state index contributed by atoms with van der Waals surface area (Å²) in [4.78, 5) is 10.2. The van der Waals surface area contributed by atoms with E-state index in [4.69, 9.17) is 5.84 Å². The average Bonchev–Trinajstić information content (AvgIpc) is 2.08. The van der Waals surface area contributed by atoms with Gasteiger partial charge < -0.3 is 14.9 Å². The number of aliphatic carboxylic acids is 1. The maximum absolute atomic E-state index is 12.8. The molecule has 0 aliphatic rings. The van der Waals surface area contributed by atoms with Gasteiger partial charge in [0.15, 0.2) is 0 Å². The lowest BCUT2D eigenvalue weighted by Crippen LogP contribution is -2.42. The summed E-state index contributed by atoms with van der Waals surface area (Å²) in [6.07, 6.45) is 0. The van der Waals surface area contributed by atoms with Crippen LogP contribution in [0.2, 0.25) is 0 Å². The number of aryl methyl sites for hydroxylation is 1. The standard InChI is InChI=1S/C9H11FN2O2/c1-6-4-7(2-3-8(6)10)12(11)5-9(13)14/h2-4H,5,11H2,1H3,(H,13,14)/p-1. The van der Waals surface area contributed by atoms with Crippen molar-refractivity contribution in [2.45, 2.75) is 6.92 Å². The third-order valence-electron chi connectivity index (χ3n) is 1.77. The molecule has 0 radical (unpaired) electrons. The van der Waals surface area contributed by atoms with Gasteiger partial charge in [-0.15, -0.1) is 0 Å². The van der Waals surface area contributed by atoms with Gasteiger partial charge in [0.2, 0.25) is 0 Å². The van der Waals surface area contributed by atoms with Gasteiger partial charge in [-0.25, -0.2) is 10.2 Å². The van der Waals surface area contributed by atoms with E-state index >= 15 is 0 Å². The minimum absolute atomic E-state index is 0.351. The fourth-order valence-corrected chi connectivity index (χ4v) is 1.04. The molecule has 76 valence electrons. The SMILES string of the molecule is Cc1cc(N(N)CC(=O)[O-])ccc1F. The Balaban J connectivity index is 2.85. The van der Waals surface area contributed by atoms with Crippen LogP contribution in [-0.2, 0) is 4.79 Å². The predicted molar refractivity (Wildman–Crippen MR) is 47.7 cm³/mol. The monoisotopic (exact) mass is 197 g/mol. The third-order valence-corrected chi connectivity index (χ3v) is 1.77. The van der Waals surface area contributed by atoms with Crippen LogP contribution in [0.3, 0.4) is 0 Å². The highest BCUT2D eigenvalue weighted by Crippen LogP contribution is 2.15. The van der Waals surface area contributed by atoms with Crippen LogP contribution in [0.15, 0.2) is 18.2 Å². The summed E-state index contributed by atoms with van der Waals surface area (Å²) >= 11 is 0. The molecule has 0 heterocycles. The molecule has 0 saturated heterocycles. The molecule has 0 bridgehead atoms. The van der Waals surface area contributed by atoms with Crippen LogP contribution in [0.5, 0.6) is 0 Å². The highest BCUT2D eigenvalue weighted by atomic mass is 19.1. The molecule has 2 N–H and O–H groups in total. The van der Waals surface area contributed by atoms with Gasteiger partial charge in [-0.3, -0.25) is 0 Å². The van der Waals surface area contributed by atoms with Gasteiger partial charge in [-0.2, -0.15) is 0 Å². The summed E-state index contributed by atoms with van der Waals surface area (Å²) in [5, 5.41) is 11.2. The van der Waals surface area contributed by atoms with Gasteiger partial charge >= 0.3 is 0 Å². The molecular weight excluding hydrogens is 187 g/mol. The second-order valence-corrected chi connectivity index (χ2v) is 2.93. The number of nitrogens with zero attached hydrogens (tertiary/aromatic N) is 1. The highest BCUT2D eigenvalue weighted by molar-refractivity contribution is 5.71. The lowest BCUT2D eigenvalue weighted by molar-refractivity contribution is -0.303. The van der Waals surface area contributed by atoms with Crippen LogP contribution < -0.4 is 16.0 Å². The first-order chi connectivity index (χ1) is 6.50. The third kappa shape index (κ3) is 2.43. The Labute approximate surface area is 80.7 Å². The van der Waals surface area contributed by atoms with Crippen LogP contribution in [0.4, 0.5) is 10.1 Å². The van der Waals surface area contributed by atoms with E-state index in [1.54, 1.807) is 6.92 Å². The lowest BCUT2D eigenvalue weighted by atomic mass is 10.2. The molecule has 0 atom stereocenters. The number of halogens is 1. The maximum atomic E-state index is 12.8. The average molecular weight is 197 g/mol. The van der Waals surface area contributed by atoms with Gasteiger partial charge in [-0.05, 0) is 30.7 Å². The number of nitrogens with two attached hydrogens (primary N) is 1. The predicted octanol–water partition coefficient (Wildman–Crippen LogP) is -0.436. The smallest absolute Gasteiger partial charge is 0.126 e. The quantitative estimate of drug-likeness (QED) is 0.527. The molecule has 1 aromatic carbocycles. The zero-order valence-corrected chi connectivity index (χ0v) is 7.66. The van der Waals surface area contributed by atoms with Crippen LogP contribution >= 0.6 is 0 Å². The largest absolute Gasteiger partial charge is 0.548 e. The minimum atomic E-state index is -1.28. The minimum Gasteiger partial charge on any atom is -0.548 e. The molecule has 0 aliphatic carbocycles. The van der Waals surface area contributed by atoms with Crippen molar-refractivity contribution < 1.29 is 14.3 Å². The number of rotatable bonds is 3. The summed E-state index contributed by atoms with van der Waals surface area (Å²) in [5.41, 5.74) is 0.851. The lowest BCUT2D eigenvalue weighted by Gasteiger charge is -2.19. The number of carbonyl (C=O) groups is 1. The van der Waals surface area contributed by atoms with Crippen LogP contribution in [0, 0.1) is 12.7 Å². The van der Waals surface area contributed by atoms with Crippen molar-refractivity contribution >= 4 is 11.7 Å². The Morgan fingerprint density at radius 2 is 2.29 bits per heavy atom. The summed E-state index contributed by atoms with van der Waals surface area (Å²) in [7, 11) is 0. The molecule has 0 aromatic heterocycles. The van der Waals surface area contributed by atoms with Crippen molar-refractivity contribution in [3.63, 3.8) is 0 Å².